The first-order valence-corrected chi connectivity index (χ1v) is 11.5. The maximum atomic E-state index is 6.01. The van der Waals surface area contributed by atoms with Crippen molar-refractivity contribution in [2.75, 3.05) is 19.5 Å². The van der Waals surface area contributed by atoms with E-state index >= 15 is 0 Å². The first kappa shape index (κ1) is 21.3. The molecule has 3 aromatic carbocycles. The Kier molecular flexibility index (Phi) is 5.90. The van der Waals surface area contributed by atoms with Gasteiger partial charge >= 0.3 is 0 Å². The number of benzene rings is 3. The van der Waals surface area contributed by atoms with E-state index in [0.29, 0.717) is 34.7 Å². The molecule has 0 fully saturated rings. The van der Waals surface area contributed by atoms with Crippen LogP contribution in [0.2, 0.25) is 5.02 Å². The van der Waals surface area contributed by atoms with Crippen LogP contribution >= 0.6 is 22.9 Å². The molecule has 0 radical (unpaired) electrons. The summed E-state index contributed by atoms with van der Waals surface area (Å²) in [5.41, 5.74) is 5.48. The fourth-order valence-corrected chi connectivity index (χ4v) is 4.46. The molecule has 8 heteroatoms. The van der Waals surface area contributed by atoms with Crippen LogP contribution in [0.1, 0.15) is 5.56 Å². The van der Waals surface area contributed by atoms with Crippen LogP contribution in [0.25, 0.3) is 32.9 Å². The van der Waals surface area contributed by atoms with Gasteiger partial charge in [0.2, 0.25) is 0 Å². The molecule has 0 amide bonds. The molecule has 0 atom stereocenters. The number of anilines is 1. The number of nitrogens with zero attached hydrogens (tertiary/aromatic N) is 2. The average molecular weight is 478 g/mol. The van der Waals surface area contributed by atoms with Crippen molar-refractivity contribution < 1.29 is 13.9 Å². The van der Waals surface area contributed by atoms with Crippen molar-refractivity contribution >= 4 is 40.1 Å². The predicted molar refractivity (Wildman–Crippen MR) is 132 cm³/mol. The molecule has 0 spiro atoms. The Balaban J connectivity index is 1.28. The van der Waals surface area contributed by atoms with E-state index in [-0.39, 0.29) is 0 Å². The Morgan fingerprint density at radius 3 is 2.48 bits per heavy atom. The van der Waals surface area contributed by atoms with Gasteiger partial charge in [-0.05, 0) is 42.0 Å². The number of methoxy groups -OCH3 is 2. The number of thiazole rings is 1. The quantitative estimate of drug-likeness (QED) is 0.275. The molecule has 5 aromatic rings. The highest BCUT2D eigenvalue weighted by Gasteiger charge is 2.11. The Bertz CT molecular complexity index is 1410. The van der Waals surface area contributed by atoms with Crippen LogP contribution in [0.4, 0.5) is 6.01 Å². The monoisotopic (exact) mass is 477 g/mol. The second-order valence-electron chi connectivity index (χ2n) is 7.29. The van der Waals surface area contributed by atoms with Gasteiger partial charge in [0.05, 0.1) is 19.9 Å². The summed E-state index contributed by atoms with van der Waals surface area (Å²) >= 11 is 7.62. The Morgan fingerprint density at radius 2 is 1.70 bits per heavy atom. The number of halogens is 1. The third kappa shape index (κ3) is 4.51. The molecule has 1 N–H and O–H groups in total. The summed E-state index contributed by atoms with van der Waals surface area (Å²) in [6.07, 6.45) is 0. The van der Waals surface area contributed by atoms with Gasteiger partial charge in [-0.1, -0.05) is 35.9 Å². The van der Waals surface area contributed by atoms with E-state index in [1.54, 1.807) is 37.7 Å². The molecule has 6 nitrogen and oxygen atoms in total. The number of hydrogen-bond donors (Lipinski definition) is 1. The maximum absolute atomic E-state index is 6.01. The lowest BCUT2D eigenvalue weighted by atomic mass is 10.1. The van der Waals surface area contributed by atoms with E-state index < -0.39 is 0 Å². The van der Waals surface area contributed by atoms with Crippen molar-refractivity contribution in [3.8, 4) is 33.3 Å². The van der Waals surface area contributed by atoms with Crippen molar-refractivity contribution in [3.05, 3.63) is 76.6 Å². The van der Waals surface area contributed by atoms with Gasteiger partial charge in [0, 0.05) is 28.1 Å². The van der Waals surface area contributed by atoms with E-state index in [9.17, 15) is 0 Å². The molecule has 0 aliphatic rings. The van der Waals surface area contributed by atoms with Crippen LogP contribution in [-0.4, -0.2) is 24.2 Å². The molecule has 2 aromatic heterocycles. The average Bonchev–Trinajstić information content (AvgIpc) is 3.49. The molecule has 0 aliphatic heterocycles. The van der Waals surface area contributed by atoms with Crippen LogP contribution in [0.5, 0.6) is 11.5 Å². The molecule has 0 aliphatic carbocycles. The predicted octanol–water partition coefficient (Wildman–Crippen LogP) is 6.90. The Morgan fingerprint density at radius 1 is 0.909 bits per heavy atom. The second kappa shape index (κ2) is 9.13. The number of fused-ring (bicyclic) bond motifs is 1. The second-order valence-corrected chi connectivity index (χ2v) is 8.58. The number of nitrogens with one attached hydrogen (secondary N) is 1. The van der Waals surface area contributed by atoms with Gasteiger partial charge in [-0.3, -0.25) is 0 Å². The fourth-order valence-electron chi connectivity index (χ4n) is 3.45. The first-order valence-electron chi connectivity index (χ1n) is 10.2. The summed E-state index contributed by atoms with van der Waals surface area (Å²) in [4.78, 5) is 9.23. The topological polar surface area (TPSA) is 69.4 Å². The highest BCUT2D eigenvalue weighted by Crippen LogP contribution is 2.34. The summed E-state index contributed by atoms with van der Waals surface area (Å²) in [6.45, 7) is 0.593. The lowest BCUT2D eigenvalue weighted by Gasteiger charge is -2.08. The largest absolute Gasteiger partial charge is 0.493 e. The molecule has 0 bridgehead atoms. The van der Waals surface area contributed by atoms with E-state index in [1.807, 2.05) is 29.6 Å². The molecule has 2 heterocycles. The fraction of sp³-hybridized carbons (Fsp3) is 0.120. The summed E-state index contributed by atoms with van der Waals surface area (Å²) in [6, 6.07) is 19.9. The van der Waals surface area contributed by atoms with Crippen LogP contribution in [0.3, 0.4) is 0 Å². The van der Waals surface area contributed by atoms with Crippen molar-refractivity contribution in [3.63, 3.8) is 0 Å². The van der Waals surface area contributed by atoms with Gasteiger partial charge in [0.1, 0.15) is 10.5 Å². The van der Waals surface area contributed by atoms with Crippen molar-refractivity contribution in [2.24, 2.45) is 0 Å². The van der Waals surface area contributed by atoms with Gasteiger partial charge < -0.3 is 19.2 Å². The number of hydrogen-bond acceptors (Lipinski definition) is 7. The molecule has 33 heavy (non-hydrogen) atoms. The highest BCUT2D eigenvalue weighted by molar-refractivity contribution is 7.13. The SMILES string of the molecule is COc1ccc(-c2csc(-c3ccc(CNc4nc5cc(Cl)ccc5o4)cc3)n2)cc1OC. The zero-order valence-corrected chi connectivity index (χ0v) is 19.5. The summed E-state index contributed by atoms with van der Waals surface area (Å²) in [5, 5.41) is 6.85. The van der Waals surface area contributed by atoms with Crippen LogP contribution in [-0.2, 0) is 6.54 Å². The Labute approximate surface area is 199 Å². The standard InChI is InChI=1S/C25H20ClN3O3S/c1-30-22-9-7-17(11-23(22)31-2)20-14-33-24(28-20)16-5-3-15(4-6-16)13-27-25-29-19-12-18(26)8-10-21(19)32-25/h3-12,14H,13H2,1-2H3,(H,27,29). The van der Waals surface area contributed by atoms with E-state index in [0.717, 1.165) is 32.9 Å². The maximum Gasteiger partial charge on any atom is 0.295 e. The number of rotatable bonds is 7. The lowest BCUT2D eigenvalue weighted by Crippen LogP contribution is -1.99. The Hall–Kier alpha value is -3.55. The van der Waals surface area contributed by atoms with Crippen LogP contribution in [0.15, 0.2) is 70.5 Å². The molecule has 0 saturated heterocycles. The van der Waals surface area contributed by atoms with E-state index in [2.05, 4.69) is 34.6 Å². The number of aromatic nitrogens is 2. The zero-order chi connectivity index (χ0) is 22.8. The zero-order valence-electron chi connectivity index (χ0n) is 18.0. The minimum atomic E-state index is 0.468. The molecule has 0 unspecified atom stereocenters. The first-order chi connectivity index (χ1) is 16.1. The van der Waals surface area contributed by atoms with E-state index in [4.69, 9.17) is 30.5 Å². The van der Waals surface area contributed by atoms with Crippen molar-refractivity contribution in [2.45, 2.75) is 6.54 Å². The van der Waals surface area contributed by atoms with Crippen molar-refractivity contribution in [1.82, 2.24) is 9.97 Å². The normalized spacial score (nSPS) is 11.0. The molecule has 166 valence electrons. The molecular weight excluding hydrogens is 458 g/mol. The van der Waals surface area contributed by atoms with Crippen LogP contribution in [0, 0.1) is 0 Å². The number of oxazole rings is 1. The lowest BCUT2D eigenvalue weighted by molar-refractivity contribution is 0.355. The van der Waals surface area contributed by atoms with Gasteiger partial charge in [-0.15, -0.1) is 11.3 Å². The summed E-state index contributed by atoms with van der Waals surface area (Å²) in [5.74, 6) is 1.38. The van der Waals surface area contributed by atoms with Crippen LogP contribution < -0.4 is 14.8 Å². The third-order valence-corrected chi connectivity index (χ3v) is 6.30. The minimum Gasteiger partial charge on any atom is -0.493 e. The minimum absolute atomic E-state index is 0.468. The number of ether oxygens (including phenoxy) is 2. The highest BCUT2D eigenvalue weighted by atomic mass is 35.5. The van der Waals surface area contributed by atoms with Gasteiger partial charge in [-0.2, -0.15) is 4.98 Å². The smallest absolute Gasteiger partial charge is 0.295 e. The summed E-state index contributed by atoms with van der Waals surface area (Å²) in [7, 11) is 3.26. The molecule has 5 rings (SSSR count). The third-order valence-electron chi connectivity index (χ3n) is 5.18. The molecule has 0 saturated carbocycles. The van der Waals surface area contributed by atoms with Crippen molar-refractivity contribution in [1.29, 1.82) is 0 Å². The summed E-state index contributed by atoms with van der Waals surface area (Å²) < 4.78 is 16.4. The van der Waals surface area contributed by atoms with Gasteiger partial charge in [0.25, 0.3) is 6.01 Å². The molecular formula is C25H20ClN3O3S. The van der Waals surface area contributed by atoms with Gasteiger partial charge in [0.15, 0.2) is 17.1 Å². The van der Waals surface area contributed by atoms with E-state index in [1.165, 1.54) is 0 Å². The van der Waals surface area contributed by atoms with Gasteiger partial charge in [-0.25, -0.2) is 4.98 Å².